The lowest BCUT2D eigenvalue weighted by molar-refractivity contribution is -0.131. The van der Waals surface area contributed by atoms with Crippen molar-refractivity contribution in [1.29, 1.82) is 0 Å². The minimum atomic E-state index is -0.200. The van der Waals surface area contributed by atoms with E-state index in [1.807, 2.05) is 0 Å². The molecule has 0 spiro atoms. The van der Waals surface area contributed by atoms with Gasteiger partial charge in [-0.3, -0.25) is 4.79 Å². The van der Waals surface area contributed by atoms with E-state index in [9.17, 15) is 9.90 Å². The average molecular weight is 268 g/mol. The molecule has 0 aromatic carbocycles. The highest BCUT2D eigenvalue weighted by atomic mass is 16.3. The first-order valence-electron chi connectivity index (χ1n) is 7.75. The molecule has 110 valence electrons. The maximum Gasteiger partial charge on any atom is 0.226 e. The third-order valence-electron chi connectivity index (χ3n) is 5.08. The van der Waals surface area contributed by atoms with Gasteiger partial charge in [0.05, 0.1) is 0 Å². The molecule has 3 N–H and O–H groups in total. The second-order valence-corrected chi connectivity index (χ2v) is 6.51. The first-order valence-corrected chi connectivity index (χ1v) is 7.75. The predicted octanol–water partition coefficient (Wildman–Crippen LogP) is 1.29. The highest BCUT2D eigenvalue weighted by Gasteiger charge is 2.35. The molecular formula is C15H28N2O2. The van der Waals surface area contributed by atoms with E-state index in [0.29, 0.717) is 11.8 Å². The van der Waals surface area contributed by atoms with Gasteiger partial charge in [-0.2, -0.15) is 0 Å². The second-order valence-electron chi connectivity index (χ2n) is 6.51. The van der Waals surface area contributed by atoms with Crippen LogP contribution >= 0.6 is 0 Å². The van der Waals surface area contributed by atoms with Crippen molar-refractivity contribution >= 4 is 5.91 Å². The Hall–Kier alpha value is -0.610. The van der Waals surface area contributed by atoms with E-state index in [1.165, 1.54) is 12.8 Å². The summed E-state index contributed by atoms with van der Waals surface area (Å²) in [7, 11) is 0. The van der Waals surface area contributed by atoms with Crippen molar-refractivity contribution < 1.29 is 9.90 Å². The number of aliphatic hydroxyl groups is 1. The number of hydrogen-bond acceptors (Lipinski definition) is 3. The maximum atomic E-state index is 12.4. The smallest absolute Gasteiger partial charge is 0.226 e. The topological polar surface area (TPSA) is 61.4 Å². The standard InChI is InChI=1S/C15H28N2O2/c1-15(6-8-16-9-7-15)14(19)17-10-12-4-2-3-5-13(12)11-18/h12-13,16,18H,2-11H2,1H3,(H,17,19). The molecule has 1 aliphatic heterocycles. The molecule has 1 heterocycles. The van der Waals surface area contributed by atoms with Crippen molar-refractivity contribution in [2.45, 2.75) is 45.4 Å². The van der Waals surface area contributed by atoms with E-state index >= 15 is 0 Å². The first-order chi connectivity index (χ1) is 9.15. The van der Waals surface area contributed by atoms with E-state index in [0.717, 1.165) is 45.3 Å². The van der Waals surface area contributed by atoms with E-state index in [-0.39, 0.29) is 17.9 Å². The van der Waals surface area contributed by atoms with E-state index in [2.05, 4.69) is 17.6 Å². The Kier molecular flexibility index (Phi) is 5.22. The van der Waals surface area contributed by atoms with Crippen LogP contribution in [0.3, 0.4) is 0 Å². The minimum absolute atomic E-state index is 0.200. The normalized spacial score (nSPS) is 30.8. The zero-order valence-corrected chi connectivity index (χ0v) is 12.1. The fourth-order valence-electron chi connectivity index (χ4n) is 3.44. The van der Waals surface area contributed by atoms with Gasteiger partial charge in [0.25, 0.3) is 0 Å². The van der Waals surface area contributed by atoms with Crippen LogP contribution in [-0.4, -0.2) is 37.3 Å². The third-order valence-corrected chi connectivity index (χ3v) is 5.08. The van der Waals surface area contributed by atoms with Crippen LogP contribution in [0.5, 0.6) is 0 Å². The van der Waals surface area contributed by atoms with Gasteiger partial charge in [-0.05, 0) is 50.6 Å². The van der Waals surface area contributed by atoms with Crippen LogP contribution in [0.2, 0.25) is 0 Å². The summed E-state index contributed by atoms with van der Waals surface area (Å²) >= 11 is 0. The second kappa shape index (κ2) is 6.71. The summed E-state index contributed by atoms with van der Waals surface area (Å²) in [6.45, 7) is 4.96. The number of carbonyl (C=O) groups excluding carboxylic acids is 1. The van der Waals surface area contributed by atoms with Gasteiger partial charge >= 0.3 is 0 Å². The van der Waals surface area contributed by atoms with Crippen molar-refractivity contribution in [1.82, 2.24) is 10.6 Å². The van der Waals surface area contributed by atoms with E-state index in [4.69, 9.17) is 0 Å². The molecule has 2 atom stereocenters. The fraction of sp³-hybridized carbons (Fsp3) is 0.933. The summed E-state index contributed by atoms with van der Waals surface area (Å²) in [5.41, 5.74) is -0.200. The molecule has 2 rings (SSSR count). The number of hydrogen-bond donors (Lipinski definition) is 3. The van der Waals surface area contributed by atoms with Crippen LogP contribution in [0.1, 0.15) is 45.4 Å². The highest BCUT2D eigenvalue weighted by Crippen LogP contribution is 2.31. The van der Waals surface area contributed by atoms with Gasteiger partial charge in [-0.15, -0.1) is 0 Å². The van der Waals surface area contributed by atoms with Crippen molar-refractivity contribution in [3.63, 3.8) is 0 Å². The molecular weight excluding hydrogens is 240 g/mol. The number of nitrogens with one attached hydrogen (secondary N) is 2. The Morgan fingerprint density at radius 2 is 1.89 bits per heavy atom. The first kappa shape index (κ1) is 14.8. The van der Waals surface area contributed by atoms with Crippen molar-refractivity contribution in [2.24, 2.45) is 17.3 Å². The Morgan fingerprint density at radius 3 is 2.53 bits per heavy atom. The number of aliphatic hydroxyl groups excluding tert-OH is 1. The van der Waals surface area contributed by atoms with Crippen LogP contribution in [0, 0.1) is 17.3 Å². The van der Waals surface area contributed by atoms with Gasteiger partial charge in [0.1, 0.15) is 0 Å². The zero-order chi connectivity index (χ0) is 13.7. The quantitative estimate of drug-likeness (QED) is 0.720. The van der Waals surface area contributed by atoms with Crippen molar-refractivity contribution in [3.8, 4) is 0 Å². The summed E-state index contributed by atoms with van der Waals surface area (Å²) in [5.74, 6) is 1.05. The summed E-state index contributed by atoms with van der Waals surface area (Å²) < 4.78 is 0. The molecule has 2 aliphatic rings. The molecule has 2 fully saturated rings. The van der Waals surface area contributed by atoms with E-state index in [1.54, 1.807) is 0 Å². The van der Waals surface area contributed by atoms with Gasteiger partial charge < -0.3 is 15.7 Å². The average Bonchev–Trinajstić information content (AvgIpc) is 2.45. The Labute approximate surface area is 116 Å². The van der Waals surface area contributed by atoms with Crippen molar-refractivity contribution in [3.05, 3.63) is 0 Å². The van der Waals surface area contributed by atoms with Gasteiger partial charge in [0.2, 0.25) is 5.91 Å². The van der Waals surface area contributed by atoms with Crippen LogP contribution in [0.25, 0.3) is 0 Å². The SMILES string of the molecule is CC1(C(=O)NCC2CCCCC2CO)CCNCC1. The van der Waals surface area contributed by atoms with Crippen molar-refractivity contribution in [2.75, 3.05) is 26.2 Å². The Morgan fingerprint density at radius 1 is 1.26 bits per heavy atom. The van der Waals surface area contributed by atoms with Crippen LogP contribution < -0.4 is 10.6 Å². The molecule has 4 nitrogen and oxygen atoms in total. The van der Waals surface area contributed by atoms with Crippen LogP contribution in [0.15, 0.2) is 0 Å². The van der Waals surface area contributed by atoms with Crippen LogP contribution in [0.4, 0.5) is 0 Å². The Bertz CT molecular complexity index is 301. The summed E-state index contributed by atoms with van der Waals surface area (Å²) in [4.78, 5) is 12.4. The molecule has 2 unspecified atom stereocenters. The molecule has 1 saturated carbocycles. The lowest BCUT2D eigenvalue weighted by atomic mass is 9.78. The molecule has 0 bridgehead atoms. The zero-order valence-electron chi connectivity index (χ0n) is 12.1. The monoisotopic (exact) mass is 268 g/mol. The van der Waals surface area contributed by atoms with Gasteiger partial charge in [-0.25, -0.2) is 0 Å². The molecule has 4 heteroatoms. The molecule has 0 radical (unpaired) electrons. The summed E-state index contributed by atoms with van der Waals surface area (Å²) in [6.07, 6.45) is 6.55. The number of piperidine rings is 1. The highest BCUT2D eigenvalue weighted by molar-refractivity contribution is 5.82. The maximum absolute atomic E-state index is 12.4. The summed E-state index contributed by atoms with van der Waals surface area (Å²) in [6, 6.07) is 0. The Balaban J connectivity index is 1.81. The molecule has 1 aliphatic carbocycles. The lowest BCUT2D eigenvalue weighted by Crippen LogP contribution is -2.47. The lowest BCUT2D eigenvalue weighted by Gasteiger charge is -2.35. The molecule has 1 saturated heterocycles. The number of carbonyl (C=O) groups is 1. The number of amides is 1. The molecule has 0 aromatic rings. The van der Waals surface area contributed by atoms with Gasteiger partial charge in [-0.1, -0.05) is 19.8 Å². The molecule has 1 amide bonds. The van der Waals surface area contributed by atoms with Crippen LogP contribution in [-0.2, 0) is 4.79 Å². The number of rotatable bonds is 4. The minimum Gasteiger partial charge on any atom is -0.396 e. The predicted molar refractivity (Wildman–Crippen MR) is 75.8 cm³/mol. The van der Waals surface area contributed by atoms with Gasteiger partial charge in [0, 0.05) is 18.6 Å². The molecule has 0 aromatic heterocycles. The third kappa shape index (κ3) is 3.69. The largest absolute Gasteiger partial charge is 0.396 e. The van der Waals surface area contributed by atoms with Gasteiger partial charge in [0.15, 0.2) is 0 Å². The fourth-order valence-corrected chi connectivity index (χ4v) is 3.44. The molecule has 19 heavy (non-hydrogen) atoms. The summed E-state index contributed by atoms with van der Waals surface area (Å²) in [5, 5.41) is 15.9. The van der Waals surface area contributed by atoms with E-state index < -0.39 is 0 Å².